The van der Waals surface area contributed by atoms with E-state index in [1.165, 1.54) is 50.0 Å². The van der Waals surface area contributed by atoms with Crippen molar-refractivity contribution in [2.24, 2.45) is 23.7 Å². The van der Waals surface area contributed by atoms with Crippen molar-refractivity contribution in [3.63, 3.8) is 0 Å². The van der Waals surface area contributed by atoms with Crippen LogP contribution in [0.3, 0.4) is 0 Å². The van der Waals surface area contributed by atoms with E-state index in [2.05, 4.69) is 38.0 Å². The second kappa shape index (κ2) is 7.19. The van der Waals surface area contributed by atoms with Crippen LogP contribution in [-0.2, 0) is 0 Å². The minimum atomic E-state index is 0.781. The summed E-state index contributed by atoms with van der Waals surface area (Å²) in [4.78, 5) is 0. The van der Waals surface area contributed by atoms with E-state index in [1.54, 1.807) is 0 Å². The van der Waals surface area contributed by atoms with Gasteiger partial charge < -0.3 is 5.32 Å². The van der Waals surface area contributed by atoms with Crippen LogP contribution in [0.2, 0.25) is 0 Å². The van der Waals surface area contributed by atoms with Gasteiger partial charge in [0.05, 0.1) is 0 Å². The van der Waals surface area contributed by atoms with Crippen molar-refractivity contribution in [3.05, 3.63) is 0 Å². The molecule has 0 aromatic rings. The first-order valence-corrected chi connectivity index (χ1v) is 9.09. The first kappa shape index (κ1) is 14.7. The molecule has 0 aromatic carbocycles. The van der Waals surface area contributed by atoms with Crippen molar-refractivity contribution < 1.29 is 0 Å². The normalized spacial score (nSPS) is 36.5. The van der Waals surface area contributed by atoms with E-state index in [9.17, 15) is 0 Å². The van der Waals surface area contributed by atoms with Crippen molar-refractivity contribution in [3.8, 4) is 0 Å². The molecule has 1 heterocycles. The highest BCUT2D eigenvalue weighted by Gasteiger charge is 2.30. The van der Waals surface area contributed by atoms with Crippen molar-refractivity contribution in [2.45, 2.75) is 58.4 Å². The molecule has 0 amide bonds. The van der Waals surface area contributed by atoms with E-state index in [1.807, 2.05) is 0 Å². The van der Waals surface area contributed by atoms with Gasteiger partial charge in [0.25, 0.3) is 0 Å². The molecule has 3 atom stereocenters. The molecule has 18 heavy (non-hydrogen) atoms. The molecule has 1 saturated heterocycles. The van der Waals surface area contributed by atoms with Crippen LogP contribution in [0.5, 0.6) is 0 Å². The van der Waals surface area contributed by atoms with Gasteiger partial charge >= 0.3 is 0 Å². The molecule has 1 nitrogen and oxygen atoms in total. The fourth-order valence-electron chi connectivity index (χ4n) is 4.22. The van der Waals surface area contributed by atoms with Crippen LogP contribution in [0.4, 0.5) is 0 Å². The van der Waals surface area contributed by atoms with Crippen molar-refractivity contribution in [2.75, 3.05) is 18.6 Å². The third kappa shape index (κ3) is 4.16. The summed E-state index contributed by atoms with van der Waals surface area (Å²) in [7, 11) is 2.19. The van der Waals surface area contributed by atoms with Gasteiger partial charge in [-0.05, 0) is 80.7 Å². The monoisotopic (exact) mass is 269 g/mol. The number of rotatable bonds is 4. The highest BCUT2D eigenvalue weighted by molar-refractivity contribution is 7.99. The Hall–Kier alpha value is 0.310. The van der Waals surface area contributed by atoms with Gasteiger partial charge in [0, 0.05) is 6.04 Å². The lowest BCUT2D eigenvalue weighted by atomic mass is 9.72. The molecule has 106 valence electrons. The van der Waals surface area contributed by atoms with Crippen LogP contribution in [0.25, 0.3) is 0 Å². The zero-order chi connectivity index (χ0) is 13.0. The average Bonchev–Trinajstić information content (AvgIpc) is 2.36. The van der Waals surface area contributed by atoms with Crippen LogP contribution in [0, 0.1) is 23.7 Å². The fourth-order valence-corrected chi connectivity index (χ4v) is 5.43. The van der Waals surface area contributed by atoms with E-state index in [4.69, 9.17) is 0 Å². The molecule has 1 aliphatic carbocycles. The summed E-state index contributed by atoms with van der Waals surface area (Å²) in [6.45, 7) is 4.90. The maximum Gasteiger partial charge on any atom is 0.00951 e. The quantitative estimate of drug-likeness (QED) is 0.821. The average molecular weight is 269 g/mol. The van der Waals surface area contributed by atoms with E-state index in [0.29, 0.717) is 0 Å². The number of hydrogen-bond donors (Lipinski definition) is 1. The van der Waals surface area contributed by atoms with Gasteiger partial charge in [-0.2, -0.15) is 11.8 Å². The number of thioether (sulfide) groups is 1. The molecule has 0 aromatic heterocycles. The zero-order valence-electron chi connectivity index (χ0n) is 12.5. The summed E-state index contributed by atoms with van der Waals surface area (Å²) < 4.78 is 0. The molecule has 2 rings (SSSR count). The summed E-state index contributed by atoms with van der Waals surface area (Å²) in [6.07, 6.45) is 8.71. The molecule has 1 saturated carbocycles. The van der Waals surface area contributed by atoms with Crippen molar-refractivity contribution in [1.29, 1.82) is 0 Å². The van der Waals surface area contributed by atoms with Gasteiger partial charge in [-0.3, -0.25) is 0 Å². The highest BCUT2D eigenvalue weighted by Crippen LogP contribution is 2.37. The fraction of sp³-hybridized carbons (Fsp3) is 1.00. The standard InChI is InChI=1S/C16H31NS/c1-12-8-13(2)10-15(9-12)16(17-3)11-14-4-6-18-7-5-14/h12-17H,4-11H2,1-3H3. The molecular formula is C16H31NS. The second-order valence-corrected chi connectivity index (χ2v) is 8.09. The Labute approximate surface area is 118 Å². The summed E-state index contributed by atoms with van der Waals surface area (Å²) >= 11 is 2.15. The van der Waals surface area contributed by atoms with Gasteiger partial charge in [-0.15, -0.1) is 0 Å². The summed E-state index contributed by atoms with van der Waals surface area (Å²) in [5.74, 6) is 6.62. The topological polar surface area (TPSA) is 12.0 Å². The van der Waals surface area contributed by atoms with Crippen molar-refractivity contribution in [1.82, 2.24) is 5.32 Å². The molecule has 0 radical (unpaired) electrons. The predicted octanol–water partition coefficient (Wildman–Crippen LogP) is 4.18. The Morgan fingerprint density at radius 3 is 2.22 bits per heavy atom. The molecule has 0 bridgehead atoms. The maximum absolute atomic E-state index is 3.65. The number of hydrogen-bond acceptors (Lipinski definition) is 2. The van der Waals surface area contributed by atoms with Crippen LogP contribution in [-0.4, -0.2) is 24.6 Å². The minimum absolute atomic E-state index is 0.781. The lowest BCUT2D eigenvalue weighted by Gasteiger charge is -2.38. The van der Waals surface area contributed by atoms with Gasteiger partial charge in [0.1, 0.15) is 0 Å². The molecule has 1 N–H and O–H groups in total. The Bertz CT molecular complexity index is 227. The van der Waals surface area contributed by atoms with Gasteiger partial charge in [0.2, 0.25) is 0 Å². The van der Waals surface area contributed by atoms with E-state index in [-0.39, 0.29) is 0 Å². The SMILES string of the molecule is CNC(CC1CCSCC1)C1CC(C)CC(C)C1. The van der Waals surface area contributed by atoms with Crippen LogP contribution in [0.15, 0.2) is 0 Å². The summed E-state index contributed by atoms with van der Waals surface area (Å²) in [5.41, 5.74) is 0. The summed E-state index contributed by atoms with van der Waals surface area (Å²) in [5, 5.41) is 3.65. The minimum Gasteiger partial charge on any atom is -0.317 e. The molecule has 2 fully saturated rings. The van der Waals surface area contributed by atoms with Gasteiger partial charge in [0.15, 0.2) is 0 Å². The second-order valence-electron chi connectivity index (χ2n) is 6.86. The van der Waals surface area contributed by atoms with Gasteiger partial charge in [-0.25, -0.2) is 0 Å². The van der Waals surface area contributed by atoms with Crippen molar-refractivity contribution >= 4 is 11.8 Å². The lowest BCUT2D eigenvalue weighted by molar-refractivity contribution is 0.163. The first-order valence-electron chi connectivity index (χ1n) is 7.94. The predicted molar refractivity (Wildman–Crippen MR) is 83.2 cm³/mol. The van der Waals surface area contributed by atoms with Crippen LogP contribution < -0.4 is 5.32 Å². The summed E-state index contributed by atoms with van der Waals surface area (Å²) in [6, 6.07) is 0.781. The van der Waals surface area contributed by atoms with Crippen LogP contribution >= 0.6 is 11.8 Å². The Balaban J connectivity index is 1.86. The lowest BCUT2D eigenvalue weighted by Crippen LogP contribution is -2.39. The van der Waals surface area contributed by atoms with Gasteiger partial charge in [-0.1, -0.05) is 13.8 Å². The van der Waals surface area contributed by atoms with Crippen LogP contribution in [0.1, 0.15) is 52.4 Å². The largest absolute Gasteiger partial charge is 0.317 e. The molecular weight excluding hydrogens is 238 g/mol. The smallest absolute Gasteiger partial charge is 0.00951 e. The Kier molecular flexibility index (Phi) is 5.88. The van der Waals surface area contributed by atoms with E-state index in [0.717, 1.165) is 29.7 Å². The molecule has 3 unspecified atom stereocenters. The highest BCUT2D eigenvalue weighted by atomic mass is 32.2. The Morgan fingerprint density at radius 2 is 1.67 bits per heavy atom. The molecule has 2 aliphatic rings. The van der Waals surface area contributed by atoms with E-state index < -0.39 is 0 Å². The maximum atomic E-state index is 3.65. The molecule has 1 aliphatic heterocycles. The third-order valence-electron chi connectivity index (χ3n) is 5.08. The first-order chi connectivity index (χ1) is 8.69. The molecule has 2 heteroatoms. The number of nitrogens with one attached hydrogen (secondary N) is 1. The third-order valence-corrected chi connectivity index (χ3v) is 6.13. The molecule has 0 spiro atoms. The van der Waals surface area contributed by atoms with E-state index >= 15 is 0 Å². The Morgan fingerprint density at radius 1 is 1.06 bits per heavy atom. The zero-order valence-corrected chi connectivity index (χ0v) is 13.3.